The van der Waals surface area contributed by atoms with Gasteiger partial charge in [0.15, 0.2) is 62.3 Å². The van der Waals surface area contributed by atoms with Crippen LogP contribution in [0, 0.1) is 50.2 Å². The molecule has 120 heavy (non-hydrogen) atoms. The van der Waals surface area contributed by atoms with Crippen LogP contribution >= 0.6 is 0 Å². The Kier molecular flexibility index (Phi) is 27.8. The highest BCUT2D eigenvalue weighted by Crippen LogP contribution is 2.76. The molecule has 0 spiro atoms. The summed E-state index contributed by atoms with van der Waals surface area (Å²) in [5.74, 6) is -5.27. The van der Waals surface area contributed by atoms with Crippen molar-refractivity contribution in [1.29, 1.82) is 0 Å². The van der Waals surface area contributed by atoms with Crippen molar-refractivity contribution in [2.45, 2.75) is 366 Å². The molecule has 47 unspecified atom stereocenters. The van der Waals surface area contributed by atoms with Gasteiger partial charge in [0.1, 0.15) is 152 Å². The van der Waals surface area contributed by atoms with Crippen molar-refractivity contribution in [1.82, 2.24) is 0 Å². The number of aliphatic hydroxyl groups is 20. The first-order chi connectivity index (χ1) is 56.2. The smallest absolute Gasteiger partial charge is 0.335 e. The molecule has 0 aromatic heterocycles. The number of aliphatic hydroxyl groups excluding tert-OH is 19. The van der Waals surface area contributed by atoms with E-state index in [0.29, 0.717) is 38.5 Å². The van der Waals surface area contributed by atoms with Crippen LogP contribution in [0.1, 0.15) is 127 Å². The van der Waals surface area contributed by atoms with Crippen molar-refractivity contribution in [2.24, 2.45) is 50.2 Å². The summed E-state index contributed by atoms with van der Waals surface area (Å²) in [5, 5.41) is 234. The molecule has 13 rings (SSSR count). The van der Waals surface area contributed by atoms with Gasteiger partial charge in [-0.25, -0.2) is 4.79 Å². The van der Waals surface area contributed by atoms with E-state index in [-0.39, 0.29) is 25.2 Å². The number of esters is 2. The van der Waals surface area contributed by atoms with Crippen LogP contribution < -0.4 is 0 Å². The van der Waals surface area contributed by atoms with Crippen LogP contribution in [0.3, 0.4) is 0 Å². The Morgan fingerprint density at radius 3 is 1.61 bits per heavy atom. The number of carboxylic acids is 1. The van der Waals surface area contributed by atoms with Crippen LogP contribution in [0.25, 0.3) is 0 Å². The Bertz CT molecular complexity index is 3600. The molecule has 0 bridgehead atoms. The zero-order chi connectivity index (χ0) is 87.8. The summed E-state index contributed by atoms with van der Waals surface area (Å²) in [6.45, 7) is 13.1. The summed E-state index contributed by atoms with van der Waals surface area (Å²) in [6, 6.07) is 0. The number of carbonyl (C=O) groups excluding carboxylic acids is 3. The standard InChI is InChI=1S/C78H122O42/c1-27-40(86)43(89)46(92)64(106-27)115-56-50(96)58(62(100)101)117-69(60(56)119-66-48(94)45(91)42(88)35(22-80)111-66)112-39-14-15-73(7)36(74(39,8)24-81)13-16-75(9)37(73)12-11-31-32-19-72(5,6)17-18-78(32,38(85)20-76(31,75)10)71(102)120-68-59(49(95)53(28(2)108-68)109-30(4)83)118-67-52(98)57(116-65-47(93)44(90)41(87)34(21-79)110-65)54(29(3)107-67)113-63-51(97)55(33(84)23-104-63)114-70-61(99)77(103,25-82)26-105-70/h11,24,27-29,32-61,63-70,79-80,82,84-99,103H,12-23,25-26H2,1-10H3,(H,100,101). The molecule has 13 aliphatic rings. The number of hydrogen-bond acceptors (Lipinski definition) is 41. The van der Waals surface area contributed by atoms with Gasteiger partial charge in [-0.1, -0.05) is 53.2 Å². The van der Waals surface area contributed by atoms with Gasteiger partial charge in [0.2, 0.25) is 6.29 Å². The summed E-state index contributed by atoms with van der Waals surface area (Å²) < 4.78 is 103. The first-order valence-electron chi connectivity index (χ1n) is 41.2. The number of carbonyl (C=O) groups is 4. The van der Waals surface area contributed by atoms with Crippen LogP contribution in [0.2, 0.25) is 0 Å². The van der Waals surface area contributed by atoms with Crippen molar-refractivity contribution in [3.63, 3.8) is 0 Å². The number of rotatable bonds is 22. The number of allylic oxidation sites excluding steroid dienone is 2. The van der Waals surface area contributed by atoms with Crippen molar-refractivity contribution in [3.8, 4) is 0 Å². The first-order valence-corrected chi connectivity index (χ1v) is 41.2. The molecule has 0 amide bonds. The van der Waals surface area contributed by atoms with E-state index in [1.54, 1.807) is 6.92 Å². The van der Waals surface area contributed by atoms with Gasteiger partial charge in [-0.2, -0.15) is 0 Å². The van der Waals surface area contributed by atoms with Gasteiger partial charge < -0.3 is 193 Å². The molecule has 5 aliphatic carbocycles. The number of ether oxygens (including phenoxy) is 17. The van der Waals surface area contributed by atoms with Crippen molar-refractivity contribution in [3.05, 3.63) is 11.6 Å². The normalized spacial score (nSPS) is 54.0. The van der Waals surface area contributed by atoms with E-state index in [4.69, 9.17) is 80.5 Å². The van der Waals surface area contributed by atoms with Gasteiger partial charge in [-0.05, 0) is 118 Å². The average Bonchev–Trinajstić information content (AvgIpc) is 0.691. The maximum atomic E-state index is 16.2. The van der Waals surface area contributed by atoms with E-state index in [1.807, 2.05) is 13.8 Å². The molecule has 0 aromatic rings. The average molecular weight is 1730 g/mol. The number of carboxylic acid groups (broad SMARTS) is 1. The predicted molar refractivity (Wildman–Crippen MR) is 389 cm³/mol. The molecule has 8 aliphatic heterocycles. The van der Waals surface area contributed by atoms with Gasteiger partial charge in [0, 0.05) is 6.92 Å². The minimum Gasteiger partial charge on any atom is -0.479 e. The van der Waals surface area contributed by atoms with Crippen molar-refractivity contribution < 1.29 is 207 Å². The molecule has 0 radical (unpaired) electrons. The van der Waals surface area contributed by atoms with E-state index in [9.17, 15) is 122 Å². The van der Waals surface area contributed by atoms with Crippen molar-refractivity contribution in [2.75, 3.05) is 33.0 Å². The molecule has 8 saturated heterocycles. The SMILES string of the molecule is CC(=O)OC1C(C)OC(OC(=O)C23CCC(C)(C)CC2C2=CCC4C5(C)CCC(OC6OC(C(=O)O)C(O)C(OC7OC(C)C(O)C(O)C7O)C6OC6OC(CO)C(O)C(O)C6O)C(C)(C=O)C5CCC4(C)C2(C)CC3O)C(OC2OC(C)C(OC3OCC(O)C(OC4OCC(O)(CO)C4O)C3O)C(OC3OC(CO)C(O)C(O)C3O)C2O)C1O. The summed E-state index contributed by atoms with van der Waals surface area (Å²) >= 11 is 0. The number of aldehydes is 1. The fourth-order valence-corrected chi connectivity index (χ4v) is 22.0. The number of aliphatic carboxylic acids is 1. The highest BCUT2D eigenvalue weighted by Gasteiger charge is 2.74. The van der Waals surface area contributed by atoms with Crippen LogP contribution in [0.15, 0.2) is 11.6 Å². The lowest BCUT2D eigenvalue weighted by atomic mass is 9.33. The second kappa shape index (κ2) is 35.5. The van der Waals surface area contributed by atoms with Gasteiger partial charge in [-0.15, -0.1) is 0 Å². The Balaban J connectivity index is 0.778. The Hall–Kier alpha value is -3.58. The fourth-order valence-electron chi connectivity index (χ4n) is 22.0. The van der Waals surface area contributed by atoms with Gasteiger partial charge >= 0.3 is 17.9 Å². The van der Waals surface area contributed by atoms with Crippen molar-refractivity contribution >= 4 is 24.2 Å². The minimum absolute atomic E-state index is 0.0341. The molecule has 8 heterocycles. The molecular formula is C78H122O42. The quantitative estimate of drug-likeness (QED) is 0.0207. The second-order valence-electron chi connectivity index (χ2n) is 37.1. The molecule has 686 valence electrons. The molecule has 47 atom stereocenters. The molecule has 42 nitrogen and oxygen atoms in total. The summed E-state index contributed by atoms with van der Waals surface area (Å²) in [4.78, 5) is 56.5. The topological polar surface area (TPSA) is 650 Å². The lowest BCUT2D eigenvalue weighted by molar-refractivity contribution is -0.396. The van der Waals surface area contributed by atoms with E-state index < -0.39 is 334 Å². The maximum Gasteiger partial charge on any atom is 0.335 e. The zero-order valence-electron chi connectivity index (χ0n) is 68.2. The van der Waals surface area contributed by atoms with Crippen LogP contribution in [0.5, 0.6) is 0 Å². The third-order valence-electron chi connectivity index (χ3n) is 29.3. The fraction of sp³-hybridized carbons (Fsp3) is 0.923. The molecule has 42 heteroatoms. The van der Waals surface area contributed by atoms with E-state index >= 15 is 4.79 Å². The van der Waals surface area contributed by atoms with Gasteiger partial charge in [-0.3, -0.25) is 9.59 Å². The third-order valence-corrected chi connectivity index (χ3v) is 29.3. The van der Waals surface area contributed by atoms with E-state index in [2.05, 4.69) is 26.8 Å². The predicted octanol–water partition coefficient (Wildman–Crippen LogP) is -7.56. The Morgan fingerprint density at radius 2 is 1.02 bits per heavy atom. The van der Waals surface area contributed by atoms with E-state index in [0.717, 1.165) is 18.8 Å². The van der Waals surface area contributed by atoms with Crippen LogP contribution in [0.4, 0.5) is 0 Å². The molecule has 12 fully saturated rings. The minimum atomic E-state index is -2.26. The molecule has 0 aromatic carbocycles. The second-order valence-corrected chi connectivity index (χ2v) is 37.1. The Morgan fingerprint density at radius 1 is 0.492 bits per heavy atom. The molecular weight excluding hydrogens is 1610 g/mol. The van der Waals surface area contributed by atoms with Crippen LogP contribution in [-0.2, 0) is 99.7 Å². The number of hydrogen-bond donors (Lipinski definition) is 21. The largest absolute Gasteiger partial charge is 0.479 e. The lowest BCUT2D eigenvalue weighted by Gasteiger charge is -2.71. The lowest BCUT2D eigenvalue weighted by Crippen LogP contribution is -2.69. The monoisotopic (exact) mass is 1730 g/mol. The zero-order valence-corrected chi connectivity index (χ0v) is 68.2. The highest BCUT2D eigenvalue weighted by atomic mass is 16.8. The summed E-state index contributed by atoms with van der Waals surface area (Å²) in [5.41, 5.74) is -7.53. The number of fused-ring (bicyclic) bond motifs is 7. The summed E-state index contributed by atoms with van der Waals surface area (Å²) in [6.07, 6.45) is -65.6. The third kappa shape index (κ3) is 16.3. The van der Waals surface area contributed by atoms with Gasteiger partial charge in [0.25, 0.3) is 0 Å². The van der Waals surface area contributed by atoms with Crippen LogP contribution in [-0.4, -0.2) is 404 Å². The first kappa shape index (κ1) is 94.0. The van der Waals surface area contributed by atoms with E-state index in [1.165, 1.54) is 20.8 Å². The Labute approximate surface area is 689 Å². The highest BCUT2D eigenvalue weighted by molar-refractivity contribution is 5.80. The molecule has 4 saturated carbocycles. The molecule has 21 N–H and O–H groups in total. The summed E-state index contributed by atoms with van der Waals surface area (Å²) in [7, 11) is 0. The maximum absolute atomic E-state index is 16.2. The van der Waals surface area contributed by atoms with Gasteiger partial charge in [0.05, 0.1) is 69.0 Å².